The van der Waals surface area contributed by atoms with Crippen molar-refractivity contribution in [1.29, 1.82) is 0 Å². The molecule has 0 aliphatic carbocycles. The number of nitrogens with one attached hydrogen (secondary N) is 1. The molecule has 1 unspecified atom stereocenters. The van der Waals surface area contributed by atoms with Gasteiger partial charge in [-0.15, -0.1) is 12.4 Å². The maximum absolute atomic E-state index is 12.3. The fraction of sp³-hybridized carbons (Fsp3) is 0.923. The summed E-state index contributed by atoms with van der Waals surface area (Å²) in [6.07, 6.45) is 4.24. The van der Waals surface area contributed by atoms with Crippen LogP contribution in [0, 0.1) is 5.92 Å². The first-order chi connectivity index (χ1) is 7.70. The van der Waals surface area contributed by atoms with Crippen LogP contribution in [0.3, 0.4) is 0 Å². The summed E-state index contributed by atoms with van der Waals surface area (Å²) in [5.74, 6) is 0.540. The summed E-state index contributed by atoms with van der Waals surface area (Å²) in [4.78, 5) is 14.4. The minimum Gasteiger partial charge on any atom is -0.339 e. The minimum absolute atomic E-state index is 0. The molecule has 17 heavy (non-hydrogen) atoms. The number of carbonyl (C=O) groups is 1. The summed E-state index contributed by atoms with van der Waals surface area (Å²) >= 11 is 0. The molecular formula is C13H27ClN2O. The number of hydrogen-bond donors (Lipinski definition) is 1. The summed E-state index contributed by atoms with van der Waals surface area (Å²) in [5, 5.41) is 3.36. The van der Waals surface area contributed by atoms with Crippen molar-refractivity contribution >= 4 is 18.3 Å². The third-order valence-electron chi connectivity index (χ3n) is 3.53. The molecule has 1 heterocycles. The Morgan fingerprint density at radius 3 is 2.41 bits per heavy atom. The molecule has 1 aliphatic rings. The second-order valence-corrected chi connectivity index (χ2v) is 4.82. The standard InChI is InChI=1S/C13H26N2O.ClH/c1-4-10-15(13(16)11(3)5-2)12-6-8-14-9-7-12;/h11-12,14H,4-10H2,1-3H3;1H. The second kappa shape index (κ2) is 8.76. The highest BCUT2D eigenvalue weighted by atomic mass is 35.5. The van der Waals surface area contributed by atoms with Crippen molar-refractivity contribution < 1.29 is 4.79 Å². The Bertz CT molecular complexity index is 217. The Morgan fingerprint density at radius 2 is 1.94 bits per heavy atom. The van der Waals surface area contributed by atoms with Gasteiger partial charge in [0.05, 0.1) is 0 Å². The molecule has 1 atom stereocenters. The van der Waals surface area contributed by atoms with E-state index in [1.807, 2.05) is 6.92 Å². The zero-order valence-corrected chi connectivity index (χ0v) is 12.2. The van der Waals surface area contributed by atoms with E-state index in [2.05, 4.69) is 24.1 Å². The Kier molecular flexibility index (Phi) is 8.61. The minimum atomic E-state index is 0. The summed E-state index contributed by atoms with van der Waals surface area (Å²) in [6, 6.07) is 0.475. The van der Waals surface area contributed by atoms with Crippen LogP contribution in [-0.4, -0.2) is 36.5 Å². The smallest absolute Gasteiger partial charge is 0.225 e. The average Bonchev–Trinajstić information content (AvgIpc) is 2.35. The Morgan fingerprint density at radius 1 is 1.35 bits per heavy atom. The number of piperidine rings is 1. The zero-order valence-electron chi connectivity index (χ0n) is 11.4. The van der Waals surface area contributed by atoms with Crippen LogP contribution >= 0.6 is 12.4 Å². The van der Waals surface area contributed by atoms with Crippen LogP contribution < -0.4 is 5.32 Å². The Hall–Kier alpha value is -0.280. The maximum atomic E-state index is 12.3. The summed E-state index contributed by atoms with van der Waals surface area (Å²) in [5.41, 5.74) is 0. The highest BCUT2D eigenvalue weighted by Crippen LogP contribution is 2.17. The molecule has 1 saturated heterocycles. The van der Waals surface area contributed by atoms with E-state index >= 15 is 0 Å². The van der Waals surface area contributed by atoms with Gasteiger partial charge in [-0.2, -0.15) is 0 Å². The van der Waals surface area contributed by atoms with E-state index in [0.29, 0.717) is 11.9 Å². The lowest BCUT2D eigenvalue weighted by molar-refractivity contribution is -0.138. The molecule has 0 bridgehead atoms. The molecule has 0 aromatic heterocycles. The van der Waals surface area contributed by atoms with Crippen molar-refractivity contribution in [3.05, 3.63) is 0 Å². The van der Waals surface area contributed by atoms with Gasteiger partial charge in [0.2, 0.25) is 5.91 Å². The zero-order chi connectivity index (χ0) is 12.0. The molecule has 0 aromatic carbocycles. The van der Waals surface area contributed by atoms with Crippen LogP contribution in [0.5, 0.6) is 0 Å². The fourth-order valence-electron chi connectivity index (χ4n) is 2.29. The van der Waals surface area contributed by atoms with E-state index in [4.69, 9.17) is 0 Å². The van der Waals surface area contributed by atoms with E-state index < -0.39 is 0 Å². The Balaban J connectivity index is 0.00000256. The number of halogens is 1. The monoisotopic (exact) mass is 262 g/mol. The molecule has 0 aromatic rings. The third-order valence-corrected chi connectivity index (χ3v) is 3.53. The quantitative estimate of drug-likeness (QED) is 0.826. The second-order valence-electron chi connectivity index (χ2n) is 4.82. The van der Waals surface area contributed by atoms with Gasteiger partial charge in [0, 0.05) is 18.5 Å². The molecule has 1 N–H and O–H groups in total. The van der Waals surface area contributed by atoms with Crippen molar-refractivity contribution in [2.24, 2.45) is 5.92 Å². The molecule has 1 aliphatic heterocycles. The molecule has 1 fully saturated rings. The topological polar surface area (TPSA) is 32.3 Å². The van der Waals surface area contributed by atoms with E-state index in [0.717, 1.165) is 45.3 Å². The van der Waals surface area contributed by atoms with Gasteiger partial charge >= 0.3 is 0 Å². The molecule has 102 valence electrons. The predicted octanol–water partition coefficient (Wildman–Crippen LogP) is 2.44. The van der Waals surface area contributed by atoms with Crippen LogP contribution in [0.15, 0.2) is 0 Å². The first-order valence-electron chi connectivity index (χ1n) is 6.71. The van der Waals surface area contributed by atoms with Crippen molar-refractivity contribution in [3.63, 3.8) is 0 Å². The lowest BCUT2D eigenvalue weighted by Crippen LogP contribution is -2.48. The molecule has 0 saturated carbocycles. The van der Waals surface area contributed by atoms with Gasteiger partial charge in [-0.1, -0.05) is 20.8 Å². The fourth-order valence-corrected chi connectivity index (χ4v) is 2.29. The van der Waals surface area contributed by atoms with Gasteiger partial charge in [-0.3, -0.25) is 4.79 Å². The Labute approximate surface area is 112 Å². The number of hydrogen-bond acceptors (Lipinski definition) is 2. The number of amides is 1. The predicted molar refractivity (Wildman–Crippen MR) is 74.6 cm³/mol. The largest absolute Gasteiger partial charge is 0.339 e. The van der Waals surface area contributed by atoms with Gasteiger partial charge in [0.1, 0.15) is 0 Å². The van der Waals surface area contributed by atoms with Crippen LogP contribution in [0.4, 0.5) is 0 Å². The van der Waals surface area contributed by atoms with E-state index in [1.165, 1.54) is 0 Å². The normalized spacial score (nSPS) is 18.3. The SMILES string of the molecule is CCCN(C(=O)C(C)CC)C1CCNCC1.Cl. The van der Waals surface area contributed by atoms with Crippen molar-refractivity contribution in [2.75, 3.05) is 19.6 Å². The summed E-state index contributed by atoms with van der Waals surface area (Å²) < 4.78 is 0. The van der Waals surface area contributed by atoms with Crippen molar-refractivity contribution in [2.45, 2.75) is 52.5 Å². The van der Waals surface area contributed by atoms with Crippen molar-refractivity contribution in [3.8, 4) is 0 Å². The number of nitrogens with zero attached hydrogens (tertiary/aromatic N) is 1. The molecule has 0 radical (unpaired) electrons. The molecule has 4 heteroatoms. The van der Waals surface area contributed by atoms with Crippen LogP contribution in [0.2, 0.25) is 0 Å². The average molecular weight is 263 g/mol. The number of carbonyl (C=O) groups excluding carboxylic acids is 1. The van der Waals surface area contributed by atoms with Gasteiger partial charge in [0.25, 0.3) is 0 Å². The third kappa shape index (κ3) is 4.84. The molecular weight excluding hydrogens is 236 g/mol. The van der Waals surface area contributed by atoms with Gasteiger partial charge in [-0.25, -0.2) is 0 Å². The van der Waals surface area contributed by atoms with Gasteiger partial charge in [0.15, 0.2) is 0 Å². The first-order valence-corrected chi connectivity index (χ1v) is 6.71. The molecule has 1 rings (SSSR count). The van der Waals surface area contributed by atoms with E-state index in [-0.39, 0.29) is 18.3 Å². The highest BCUT2D eigenvalue weighted by molar-refractivity contribution is 5.85. The molecule has 1 amide bonds. The van der Waals surface area contributed by atoms with Gasteiger partial charge < -0.3 is 10.2 Å². The lowest BCUT2D eigenvalue weighted by Gasteiger charge is -2.36. The first kappa shape index (κ1) is 16.7. The maximum Gasteiger partial charge on any atom is 0.225 e. The van der Waals surface area contributed by atoms with Crippen LogP contribution in [0.25, 0.3) is 0 Å². The van der Waals surface area contributed by atoms with Crippen molar-refractivity contribution in [1.82, 2.24) is 10.2 Å². The van der Waals surface area contributed by atoms with E-state index in [1.54, 1.807) is 0 Å². The lowest BCUT2D eigenvalue weighted by atomic mass is 10.0. The summed E-state index contributed by atoms with van der Waals surface area (Å²) in [6.45, 7) is 9.32. The summed E-state index contributed by atoms with van der Waals surface area (Å²) in [7, 11) is 0. The van der Waals surface area contributed by atoms with E-state index in [9.17, 15) is 4.79 Å². The van der Waals surface area contributed by atoms with Crippen LogP contribution in [-0.2, 0) is 4.79 Å². The molecule has 3 nitrogen and oxygen atoms in total. The molecule has 0 spiro atoms. The van der Waals surface area contributed by atoms with Gasteiger partial charge in [-0.05, 0) is 38.8 Å². The van der Waals surface area contributed by atoms with Crippen LogP contribution in [0.1, 0.15) is 46.5 Å². The highest BCUT2D eigenvalue weighted by Gasteiger charge is 2.26. The number of rotatable bonds is 5.